The molecule has 1 heterocycles. The number of hydrogen-bond donors (Lipinski definition) is 1. The molecule has 19 heavy (non-hydrogen) atoms. The van der Waals surface area contributed by atoms with E-state index in [4.69, 9.17) is 25.5 Å². The van der Waals surface area contributed by atoms with E-state index in [9.17, 15) is 0 Å². The van der Waals surface area contributed by atoms with Gasteiger partial charge in [-0.15, -0.1) is 0 Å². The van der Waals surface area contributed by atoms with Crippen LogP contribution in [0.25, 0.3) is 0 Å². The predicted octanol–water partition coefficient (Wildman–Crippen LogP) is 3.87. The highest BCUT2D eigenvalue weighted by atomic mass is 35.5. The lowest BCUT2D eigenvalue weighted by atomic mass is 10.2. The molecule has 4 nitrogen and oxygen atoms in total. The molecule has 1 aromatic carbocycles. The number of rotatable bonds is 5. The first kappa shape index (κ1) is 13.6. The summed E-state index contributed by atoms with van der Waals surface area (Å²) >= 11 is 6.11. The third kappa shape index (κ3) is 2.96. The van der Waals surface area contributed by atoms with Crippen LogP contribution in [-0.2, 0) is 6.54 Å². The molecule has 0 unspecified atom stereocenters. The smallest absolute Gasteiger partial charge is 0.145 e. The van der Waals surface area contributed by atoms with E-state index in [0.29, 0.717) is 23.1 Å². The lowest BCUT2D eigenvalue weighted by Crippen LogP contribution is -2.02. The van der Waals surface area contributed by atoms with Gasteiger partial charge in [-0.05, 0) is 24.6 Å². The van der Waals surface area contributed by atoms with Gasteiger partial charge in [-0.3, -0.25) is 0 Å². The standard InChI is InChI=1S/C14H16ClNO3/c1-9-4-5-19-14(9)8-16-11-6-10(15)12(17-2)7-13(11)18-3/h4-7,16H,8H2,1-3H3. The van der Waals surface area contributed by atoms with Crippen LogP contribution >= 0.6 is 11.6 Å². The van der Waals surface area contributed by atoms with Crippen molar-refractivity contribution in [1.29, 1.82) is 0 Å². The van der Waals surface area contributed by atoms with Gasteiger partial charge in [-0.25, -0.2) is 0 Å². The summed E-state index contributed by atoms with van der Waals surface area (Å²) in [6, 6.07) is 5.45. The minimum atomic E-state index is 0.530. The van der Waals surface area contributed by atoms with E-state index in [0.717, 1.165) is 17.0 Å². The highest BCUT2D eigenvalue weighted by molar-refractivity contribution is 6.32. The third-order valence-electron chi connectivity index (χ3n) is 2.88. The second kappa shape index (κ2) is 5.89. The first-order valence-corrected chi connectivity index (χ1v) is 6.22. The molecular weight excluding hydrogens is 266 g/mol. The summed E-state index contributed by atoms with van der Waals surface area (Å²) in [5.41, 5.74) is 1.90. The zero-order valence-corrected chi connectivity index (χ0v) is 11.9. The number of furan rings is 1. The summed E-state index contributed by atoms with van der Waals surface area (Å²) in [4.78, 5) is 0. The molecule has 0 saturated carbocycles. The Bertz CT molecular complexity index is 566. The van der Waals surface area contributed by atoms with Crippen LogP contribution < -0.4 is 14.8 Å². The molecule has 2 rings (SSSR count). The van der Waals surface area contributed by atoms with Crippen molar-refractivity contribution in [3.63, 3.8) is 0 Å². The Morgan fingerprint density at radius 3 is 2.53 bits per heavy atom. The van der Waals surface area contributed by atoms with E-state index in [1.807, 2.05) is 13.0 Å². The van der Waals surface area contributed by atoms with Gasteiger partial charge < -0.3 is 19.2 Å². The van der Waals surface area contributed by atoms with Crippen molar-refractivity contribution < 1.29 is 13.9 Å². The fraction of sp³-hybridized carbons (Fsp3) is 0.286. The fourth-order valence-electron chi connectivity index (χ4n) is 1.76. The van der Waals surface area contributed by atoms with Crippen molar-refractivity contribution in [1.82, 2.24) is 0 Å². The predicted molar refractivity (Wildman–Crippen MR) is 75.3 cm³/mol. The van der Waals surface area contributed by atoms with Crippen molar-refractivity contribution in [3.05, 3.63) is 40.8 Å². The molecule has 102 valence electrons. The van der Waals surface area contributed by atoms with Gasteiger partial charge in [0, 0.05) is 6.07 Å². The Morgan fingerprint density at radius 1 is 1.21 bits per heavy atom. The largest absolute Gasteiger partial charge is 0.495 e. The minimum absolute atomic E-state index is 0.530. The molecule has 2 aromatic rings. The lowest BCUT2D eigenvalue weighted by Gasteiger charge is -2.13. The molecule has 0 fully saturated rings. The molecular formula is C14H16ClNO3. The quantitative estimate of drug-likeness (QED) is 0.903. The average Bonchev–Trinajstić information content (AvgIpc) is 2.82. The lowest BCUT2D eigenvalue weighted by molar-refractivity contribution is 0.395. The van der Waals surface area contributed by atoms with Crippen LogP contribution in [0.3, 0.4) is 0 Å². The zero-order valence-electron chi connectivity index (χ0n) is 11.1. The normalized spacial score (nSPS) is 10.3. The molecule has 0 atom stereocenters. The highest BCUT2D eigenvalue weighted by Gasteiger charge is 2.10. The summed E-state index contributed by atoms with van der Waals surface area (Å²) in [5.74, 6) is 2.14. The molecule has 5 heteroatoms. The molecule has 0 bridgehead atoms. The van der Waals surface area contributed by atoms with Gasteiger partial charge in [0.15, 0.2) is 0 Å². The van der Waals surface area contributed by atoms with Gasteiger partial charge in [0.1, 0.15) is 17.3 Å². The number of aryl methyl sites for hydroxylation is 1. The molecule has 1 N–H and O–H groups in total. The Balaban J connectivity index is 2.20. The zero-order chi connectivity index (χ0) is 13.8. The summed E-state index contributed by atoms with van der Waals surface area (Å²) in [6.45, 7) is 2.57. The van der Waals surface area contributed by atoms with Gasteiger partial charge in [-0.1, -0.05) is 11.6 Å². The van der Waals surface area contributed by atoms with Crippen molar-refractivity contribution in [3.8, 4) is 11.5 Å². The van der Waals surface area contributed by atoms with Crippen molar-refractivity contribution in [2.75, 3.05) is 19.5 Å². The Labute approximate surface area is 117 Å². The van der Waals surface area contributed by atoms with Gasteiger partial charge in [0.05, 0.1) is 37.7 Å². The van der Waals surface area contributed by atoms with E-state index >= 15 is 0 Å². The van der Waals surface area contributed by atoms with Crippen LogP contribution in [0.2, 0.25) is 5.02 Å². The van der Waals surface area contributed by atoms with Crippen LogP contribution in [-0.4, -0.2) is 14.2 Å². The van der Waals surface area contributed by atoms with Crippen LogP contribution in [0.4, 0.5) is 5.69 Å². The van der Waals surface area contributed by atoms with Gasteiger partial charge in [-0.2, -0.15) is 0 Å². The van der Waals surface area contributed by atoms with Crippen LogP contribution in [0.5, 0.6) is 11.5 Å². The van der Waals surface area contributed by atoms with E-state index in [-0.39, 0.29) is 0 Å². The minimum Gasteiger partial charge on any atom is -0.495 e. The average molecular weight is 282 g/mol. The second-order valence-corrected chi connectivity index (χ2v) is 4.47. The van der Waals surface area contributed by atoms with Crippen molar-refractivity contribution >= 4 is 17.3 Å². The number of nitrogens with one attached hydrogen (secondary N) is 1. The number of halogens is 1. The summed E-state index contributed by atoms with van der Waals surface area (Å²) in [6.07, 6.45) is 1.67. The first-order valence-electron chi connectivity index (χ1n) is 5.84. The first-order chi connectivity index (χ1) is 9.15. The van der Waals surface area contributed by atoms with Gasteiger partial charge in [0.2, 0.25) is 0 Å². The summed E-state index contributed by atoms with van der Waals surface area (Å²) in [7, 11) is 3.17. The Morgan fingerprint density at radius 2 is 1.95 bits per heavy atom. The molecule has 0 spiro atoms. The third-order valence-corrected chi connectivity index (χ3v) is 3.18. The maximum atomic E-state index is 6.11. The monoisotopic (exact) mass is 281 g/mol. The number of methoxy groups -OCH3 is 2. The number of anilines is 1. The molecule has 0 amide bonds. The van der Waals surface area contributed by atoms with E-state index in [1.165, 1.54) is 0 Å². The second-order valence-electron chi connectivity index (χ2n) is 4.07. The van der Waals surface area contributed by atoms with E-state index in [1.54, 1.807) is 32.6 Å². The number of hydrogen-bond acceptors (Lipinski definition) is 4. The highest BCUT2D eigenvalue weighted by Crippen LogP contribution is 2.36. The summed E-state index contributed by atoms with van der Waals surface area (Å²) in [5, 5.41) is 3.77. The van der Waals surface area contributed by atoms with E-state index < -0.39 is 0 Å². The maximum absolute atomic E-state index is 6.11. The van der Waals surface area contributed by atoms with Crippen LogP contribution in [0.1, 0.15) is 11.3 Å². The SMILES string of the molecule is COc1cc(OC)c(NCc2occc2C)cc1Cl. The van der Waals surface area contributed by atoms with E-state index in [2.05, 4.69) is 5.32 Å². The Hall–Kier alpha value is -1.81. The molecule has 0 aliphatic heterocycles. The molecule has 0 aliphatic carbocycles. The molecule has 0 saturated heterocycles. The van der Waals surface area contributed by atoms with Gasteiger partial charge in [0.25, 0.3) is 0 Å². The number of benzene rings is 1. The van der Waals surface area contributed by atoms with Crippen LogP contribution in [0.15, 0.2) is 28.9 Å². The Kier molecular flexibility index (Phi) is 4.22. The summed E-state index contributed by atoms with van der Waals surface area (Å²) < 4.78 is 15.8. The fourth-order valence-corrected chi connectivity index (χ4v) is 2.00. The van der Waals surface area contributed by atoms with Crippen LogP contribution in [0, 0.1) is 6.92 Å². The van der Waals surface area contributed by atoms with Crippen molar-refractivity contribution in [2.24, 2.45) is 0 Å². The maximum Gasteiger partial charge on any atom is 0.145 e. The van der Waals surface area contributed by atoms with Crippen molar-refractivity contribution in [2.45, 2.75) is 13.5 Å². The molecule has 0 aliphatic rings. The molecule has 1 aromatic heterocycles. The molecule has 0 radical (unpaired) electrons. The topological polar surface area (TPSA) is 43.6 Å². The number of ether oxygens (including phenoxy) is 2. The van der Waals surface area contributed by atoms with Gasteiger partial charge >= 0.3 is 0 Å².